The van der Waals surface area contributed by atoms with Crippen LogP contribution in [0.15, 0.2) is 72.8 Å². The van der Waals surface area contributed by atoms with Crippen molar-refractivity contribution in [1.82, 2.24) is 0 Å². The maximum atomic E-state index is 13.8. The van der Waals surface area contributed by atoms with E-state index < -0.39 is 0 Å². The van der Waals surface area contributed by atoms with Crippen LogP contribution in [-0.4, -0.2) is 38.6 Å². The van der Waals surface area contributed by atoms with Gasteiger partial charge in [-0.05, 0) is 80.4 Å². The number of anilines is 2. The molecule has 0 saturated heterocycles. The molecule has 6 nitrogen and oxygen atoms in total. The number of rotatable bonds is 6. The zero-order valence-electron chi connectivity index (χ0n) is 20.0. The Kier molecular flexibility index (Phi) is 6.87. The van der Waals surface area contributed by atoms with E-state index in [2.05, 4.69) is 0 Å². The normalized spacial score (nSPS) is 17.0. The first-order valence-corrected chi connectivity index (χ1v) is 11.5. The number of fused-ring (bicyclic) bond motifs is 1. The lowest BCUT2D eigenvalue weighted by Gasteiger charge is -2.40. The van der Waals surface area contributed by atoms with Crippen LogP contribution in [0.2, 0.25) is 0 Å². The van der Waals surface area contributed by atoms with Gasteiger partial charge in [-0.25, -0.2) is 0 Å². The van der Waals surface area contributed by atoms with Gasteiger partial charge in [0.05, 0.1) is 20.1 Å². The van der Waals surface area contributed by atoms with Crippen molar-refractivity contribution in [2.75, 3.05) is 30.6 Å². The van der Waals surface area contributed by atoms with Gasteiger partial charge in [0.25, 0.3) is 5.91 Å². The number of methoxy groups -OCH3 is 2. The maximum Gasteiger partial charge on any atom is 0.258 e. The summed E-state index contributed by atoms with van der Waals surface area (Å²) < 4.78 is 10.5. The van der Waals surface area contributed by atoms with Gasteiger partial charge in [-0.2, -0.15) is 0 Å². The van der Waals surface area contributed by atoms with Gasteiger partial charge in [0.2, 0.25) is 5.91 Å². The van der Waals surface area contributed by atoms with Crippen molar-refractivity contribution in [2.24, 2.45) is 0 Å². The van der Waals surface area contributed by atoms with Gasteiger partial charge in [-0.1, -0.05) is 18.2 Å². The van der Waals surface area contributed by atoms with Crippen LogP contribution >= 0.6 is 0 Å². The lowest BCUT2D eigenvalue weighted by Crippen LogP contribution is -2.46. The molecule has 3 aromatic rings. The highest BCUT2D eigenvalue weighted by atomic mass is 16.5. The molecule has 0 spiro atoms. The SMILES string of the molecule is CCN(C(=O)[C@H]1C[C@H](C)N(C(=O)c2ccc(OC)cc2)c2ccccc21)c1ccc(OC)cc1. The van der Waals surface area contributed by atoms with Crippen molar-refractivity contribution in [3.8, 4) is 11.5 Å². The summed E-state index contributed by atoms with van der Waals surface area (Å²) >= 11 is 0. The fraction of sp³-hybridized carbons (Fsp3) is 0.286. The number of carbonyl (C=O) groups is 2. The zero-order valence-corrected chi connectivity index (χ0v) is 20.0. The van der Waals surface area contributed by atoms with Crippen molar-refractivity contribution in [2.45, 2.75) is 32.2 Å². The standard InChI is InChI=1S/C28H30N2O4/c1-5-29(21-12-16-23(34-4)17-13-21)28(32)25-18-19(2)30(26-9-7-6-8-24(25)26)27(31)20-10-14-22(33-3)15-11-20/h6-17,19,25H,5,18H2,1-4H3/t19-,25-/m0/s1. The quantitative estimate of drug-likeness (QED) is 0.504. The molecule has 1 aliphatic heterocycles. The van der Waals surface area contributed by atoms with Crippen LogP contribution in [0, 0.1) is 0 Å². The number of para-hydroxylation sites is 1. The molecule has 0 unspecified atom stereocenters. The number of hydrogen-bond acceptors (Lipinski definition) is 4. The summed E-state index contributed by atoms with van der Waals surface area (Å²) in [5.41, 5.74) is 3.07. The van der Waals surface area contributed by atoms with Crippen LogP contribution in [0.4, 0.5) is 11.4 Å². The van der Waals surface area contributed by atoms with Crippen molar-refractivity contribution >= 4 is 23.2 Å². The Morgan fingerprint density at radius 2 is 1.50 bits per heavy atom. The second-order valence-electron chi connectivity index (χ2n) is 8.38. The average Bonchev–Trinajstić information content (AvgIpc) is 2.88. The number of ether oxygens (including phenoxy) is 2. The molecular weight excluding hydrogens is 428 g/mol. The van der Waals surface area contributed by atoms with E-state index in [1.165, 1.54) is 0 Å². The summed E-state index contributed by atoms with van der Waals surface area (Å²) in [7, 11) is 3.22. The van der Waals surface area contributed by atoms with Crippen molar-refractivity contribution in [1.29, 1.82) is 0 Å². The Bertz CT molecular complexity index is 1160. The molecule has 0 aliphatic carbocycles. The van der Waals surface area contributed by atoms with E-state index in [1.807, 2.05) is 67.3 Å². The van der Waals surface area contributed by atoms with Crippen LogP contribution in [0.1, 0.15) is 42.1 Å². The third kappa shape index (κ3) is 4.36. The van der Waals surface area contributed by atoms with E-state index in [0.29, 0.717) is 24.3 Å². The van der Waals surface area contributed by atoms with Crippen LogP contribution in [0.3, 0.4) is 0 Å². The number of likely N-dealkylation sites (N-methyl/N-ethyl adjacent to an activating group) is 1. The molecule has 1 heterocycles. The first-order valence-electron chi connectivity index (χ1n) is 11.5. The Balaban J connectivity index is 1.66. The Labute approximate surface area is 200 Å². The van der Waals surface area contributed by atoms with Gasteiger partial charge in [0.15, 0.2) is 0 Å². The zero-order chi connectivity index (χ0) is 24.2. The van der Waals surface area contributed by atoms with Crippen LogP contribution in [0.25, 0.3) is 0 Å². The van der Waals surface area contributed by atoms with Crippen molar-refractivity contribution in [3.05, 3.63) is 83.9 Å². The summed E-state index contributed by atoms with van der Waals surface area (Å²) in [4.78, 5) is 30.9. The van der Waals surface area contributed by atoms with Crippen LogP contribution < -0.4 is 19.3 Å². The number of benzene rings is 3. The second kappa shape index (κ2) is 10.00. The van der Waals surface area contributed by atoms with Gasteiger partial charge in [0.1, 0.15) is 11.5 Å². The maximum absolute atomic E-state index is 13.8. The van der Waals surface area contributed by atoms with E-state index in [1.54, 1.807) is 43.4 Å². The van der Waals surface area contributed by atoms with Gasteiger partial charge in [0, 0.05) is 29.5 Å². The molecule has 0 fully saturated rings. The summed E-state index contributed by atoms with van der Waals surface area (Å²) in [6.45, 7) is 4.52. The topological polar surface area (TPSA) is 59.1 Å². The average molecular weight is 459 g/mol. The Hall–Kier alpha value is -3.80. The van der Waals surface area contributed by atoms with E-state index in [9.17, 15) is 9.59 Å². The van der Waals surface area contributed by atoms with Crippen LogP contribution in [-0.2, 0) is 4.79 Å². The van der Waals surface area contributed by atoms with E-state index in [4.69, 9.17) is 9.47 Å². The third-order valence-electron chi connectivity index (χ3n) is 6.41. The first kappa shape index (κ1) is 23.4. The largest absolute Gasteiger partial charge is 0.497 e. The van der Waals surface area contributed by atoms with Gasteiger partial charge < -0.3 is 19.3 Å². The van der Waals surface area contributed by atoms with E-state index >= 15 is 0 Å². The highest BCUT2D eigenvalue weighted by Crippen LogP contribution is 2.41. The predicted octanol–water partition coefficient (Wildman–Crippen LogP) is 5.28. The molecule has 1 aliphatic rings. The molecule has 2 amide bonds. The Morgan fingerprint density at radius 1 is 0.912 bits per heavy atom. The molecule has 176 valence electrons. The number of carbonyl (C=O) groups excluding carboxylic acids is 2. The number of hydrogen-bond donors (Lipinski definition) is 0. The summed E-state index contributed by atoms with van der Waals surface area (Å²) in [5.74, 6) is 1.05. The van der Waals surface area contributed by atoms with Gasteiger partial charge in [-0.3, -0.25) is 9.59 Å². The smallest absolute Gasteiger partial charge is 0.258 e. The number of nitrogens with zero attached hydrogens (tertiary/aromatic N) is 2. The fourth-order valence-corrected chi connectivity index (χ4v) is 4.64. The lowest BCUT2D eigenvalue weighted by molar-refractivity contribution is -0.120. The molecule has 0 bridgehead atoms. The minimum atomic E-state index is -0.340. The predicted molar refractivity (Wildman–Crippen MR) is 134 cm³/mol. The fourth-order valence-electron chi connectivity index (χ4n) is 4.64. The molecule has 0 aromatic heterocycles. The van der Waals surface area contributed by atoms with Crippen molar-refractivity contribution < 1.29 is 19.1 Å². The monoisotopic (exact) mass is 458 g/mol. The molecule has 34 heavy (non-hydrogen) atoms. The minimum Gasteiger partial charge on any atom is -0.497 e. The lowest BCUT2D eigenvalue weighted by atomic mass is 9.84. The summed E-state index contributed by atoms with van der Waals surface area (Å²) in [6, 6.07) is 22.2. The van der Waals surface area contributed by atoms with E-state index in [0.717, 1.165) is 22.7 Å². The molecule has 2 atom stereocenters. The van der Waals surface area contributed by atoms with Gasteiger partial charge >= 0.3 is 0 Å². The third-order valence-corrected chi connectivity index (χ3v) is 6.41. The molecular formula is C28H30N2O4. The first-order chi connectivity index (χ1) is 16.5. The summed E-state index contributed by atoms with van der Waals surface area (Å²) in [5, 5.41) is 0. The van der Waals surface area contributed by atoms with Crippen molar-refractivity contribution in [3.63, 3.8) is 0 Å². The highest BCUT2D eigenvalue weighted by Gasteiger charge is 2.38. The number of amides is 2. The van der Waals surface area contributed by atoms with Gasteiger partial charge in [-0.15, -0.1) is 0 Å². The molecule has 0 radical (unpaired) electrons. The summed E-state index contributed by atoms with van der Waals surface area (Å²) in [6.07, 6.45) is 0.546. The molecule has 0 saturated carbocycles. The van der Waals surface area contributed by atoms with Crippen LogP contribution in [0.5, 0.6) is 11.5 Å². The minimum absolute atomic E-state index is 0.0310. The molecule has 0 N–H and O–H groups in total. The molecule has 4 rings (SSSR count). The highest BCUT2D eigenvalue weighted by molar-refractivity contribution is 6.09. The molecule has 6 heteroatoms. The van der Waals surface area contributed by atoms with E-state index in [-0.39, 0.29) is 23.8 Å². The Morgan fingerprint density at radius 3 is 2.09 bits per heavy atom. The molecule has 3 aromatic carbocycles. The second-order valence-corrected chi connectivity index (χ2v) is 8.38.